The van der Waals surface area contributed by atoms with Gasteiger partial charge in [0, 0.05) is 5.92 Å². The molecule has 0 fully saturated rings. The van der Waals surface area contributed by atoms with Crippen LogP contribution in [0.5, 0.6) is 0 Å². The molecule has 3 heteroatoms. The summed E-state index contributed by atoms with van der Waals surface area (Å²) in [6, 6.07) is 15.6. The van der Waals surface area contributed by atoms with Crippen LogP contribution in [0.15, 0.2) is 54.6 Å². The fraction of sp³-hybridized carbons (Fsp3) is 0.273. The number of benzene rings is 2. The van der Waals surface area contributed by atoms with Crippen molar-refractivity contribution >= 4 is 5.57 Å². The Morgan fingerprint density at radius 2 is 1.52 bits per heavy atom. The van der Waals surface area contributed by atoms with E-state index in [9.17, 15) is 0 Å². The van der Waals surface area contributed by atoms with Gasteiger partial charge in [-0.15, -0.1) is 17.7 Å². The summed E-state index contributed by atoms with van der Waals surface area (Å²) >= 11 is 0. The van der Waals surface area contributed by atoms with Gasteiger partial charge in [-0.3, -0.25) is 0 Å². The fourth-order valence-electron chi connectivity index (χ4n) is 3.98. The van der Waals surface area contributed by atoms with Crippen molar-refractivity contribution in [1.29, 1.82) is 0 Å². The van der Waals surface area contributed by atoms with Crippen molar-refractivity contribution in [2.45, 2.75) is 33.1 Å². The van der Waals surface area contributed by atoms with Crippen molar-refractivity contribution in [2.24, 2.45) is 5.41 Å². The van der Waals surface area contributed by atoms with Crippen LogP contribution >= 0.6 is 0 Å². The maximum absolute atomic E-state index is 3.51. The molecule has 0 aromatic heterocycles. The van der Waals surface area contributed by atoms with E-state index in [1.165, 1.54) is 33.4 Å². The average molecular weight is 448 g/mol. The first-order chi connectivity index (χ1) is 10.6. The Hall–Kier alpha value is -0.617. The van der Waals surface area contributed by atoms with Crippen molar-refractivity contribution in [3.8, 4) is 11.1 Å². The van der Waals surface area contributed by atoms with Gasteiger partial charge in [0.05, 0.1) is 0 Å². The van der Waals surface area contributed by atoms with Crippen LogP contribution in [0.3, 0.4) is 0 Å². The normalized spacial score (nSPS) is 16.8. The molecule has 0 bridgehead atoms. The molecule has 0 spiro atoms. The standard InChI is InChI=1S/C22H21.2ClH.Zr/c1-22(2,3)21-19-12-7-6-11-17(19)18-14-8-13-16(20(18)21)15-9-4-5-10-15;;;/h4,6-9,11-14,21H,5H2,1-3H3;2*1H;/q-1;;;+3/p-2. The summed E-state index contributed by atoms with van der Waals surface area (Å²) in [7, 11) is 0. The van der Waals surface area contributed by atoms with E-state index in [2.05, 4.69) is 81.5 Å². The van der Waals surface area contributed by atoms with Gasteiger partial charge in [0.15, 0.2) is 0 Å². The summed E-state index contributed by atoms with van der Waals surface area (Å²) in [4.78, 5) is 0. The number of allylic oxidation sites excluding steroid dienone is 4. The molecule has 2 aromatic carbocycles. The summed E-state index contributed by atoms with van der Waals surface area (Å²) in [5, 5.41) is 0. The molecule has 0 amide bonds. The summed E-state index contributed by atoms with van der Waals surface area (Å²) < 4.78 is 0. The van der Waals surface area contributed by atoms with Gasteiger partial charge < -0.3 is 24.8 Å². The van der Waals surface area contributed by atoms with Crippen LogP contribution in [-0.4, -0.2) is 0 Å². The van der Waals surface area contributed by atoms with Crippen molar-refractivity contribution in [1.82, 2.24) is 0 Å². The molecule has 0 saturated carbocycles. The molecule has 0 N–H and O–H groups in total. The molecule has 0 nitrogen and oxygen atoms in total. The Bertz CT molecular complexity index is 813. The Kier molecular flexibility index (Phi) is 7.52. The van der Waals surface area contributed by atoms with Crippen molar-refractivity contribution in [3.63, 3.8) is 0 Å². The first kappa shape index (κ1) is 22.4. The van der Waals surface area contributed by atoms with Gasteiger partial charge >= 0.3 is 26.2 Å². The zero-order valence-electron chi connectivity index (χ0n) is 14.7. The molecule has 1 radical (unpaired) electrons. The largest absolute Gasteiger partial charge is 3.00 e. The zero-order chi connectivity index (χ0) is 15.3. The Balaban J connectivity index is 0.00000104. The molecule has 2 aromatic rings. The van der Waals surface area contributed by atoms with E-state index in [-0.39, 0.29) is 56.4 Å². The quantitative estimate of drug-likeness (QED) is 0.540. The molecule has 1 atom stereocenters. The third kappa shape index (κ3) is 3.75. The molecule has 25 heavy (non-hydrogen) atoms. The second kappa shape index (κ2) is 8.38. The maximum atomic E-state index is 3.51. The summed E-state index contributed by atoms with van der Waals surface area (Å²) in [6.45, 7) is 7.05. The predicted octanol–water partition coefficient (Wildman–Crippen LogP) is -0.00301. The van der Waals surface area contributed by atoms with Crippen LogP contribution in [0.4, 0.5) is 0 Å². The van der Waals surface area contributed by atoms with E-state index in [0.29, 0.717) is 5.92 Å². The zero-order valence-corrected chi connectivity index (χ0v) is 18.7. The smallest absolute Gasteiger partial charge is 1.00 e. The minimum atomic E-state index is 0. The van der Waals surface area contributed by atoms with Gasteiger partial charge in [0.2, 0.25) is 0 Å². The Morgan fingerprint density at radius 1 is 0.880 bits per heavy atom. The monoisotopic (exact) mass is 445 g/mol. The second-order valence-electron chi connectivity index (χ2n) is 7.35. The van der Waals surface area contributed by atoms with E-state index in [0.717, 1.165) is 6.42 Å². The topological polar surface area (TPSA) is 0 Å². The number of fused-ring (bicyclic) bond motifs is 3. The first-order valence-corrected chi connectivity index (χ1v) is 8.07. The molecule has 127 valence electrons. The van der Waals surface area contributed by atoms with Crippen LogP contribution in [0, 0.1) is 11.5 Å². The molecule has 4 rings (SSSR count). The van der Waals surface area contributed by atoms with Crippen LogP contribution in [0.1, 0.15) is 49.8 Å². The Labute approximate surface area is 182 Å². The van der Waals surface area contributed by atoms with Gasteiger partial charge in [-0.2, -0.15) is 17.7 Å². The van der Waals surface area contributed by atoms with E-state index in [4.69, 9.17) is 0 Å². The van der Waals surface area contributed by atoms with Crippen molar-refractivity contribution in [3.05, 3.63) is 77.4 Å². The molecule has 2 aliphatic rings. The SMILES string of the molecule is CC(C)(C)C1c2ccccc2-c2cccc(C3=[C-]CC=C3)c21.[Cl-].[Cl-].[Zr+3]. The minimum absolute atomic E-state index is 0. The number of hydrogen-bond acceptors (Lipinski definition) is 0. The fourth-order valence-corrected chi connectivity index (χ4v) is 3.98. The van der Waals surface area contributed by atoms with Gasteiger partial charge in [0.1, 0.15) is 0 Å². The van der Waals surface area contributed by atoms with Crippen LogP contribution in [0.2, 0.25) is 0 Å². The third-order valence-corrected chi connectivity index (χ3v) is 4.81. The Morgan fingerprint density at radius 3 is 2.16 bits per heavy atom. The summed E-state index contributed by atoms with van der Waals surface area (Å²) in [5.41, 5.74) is 8.59. The maximum Gasteiger partial charge on any atom is 3.00 e. The van der Waals surface area contributed by atoms with Gasteiger partial charge in [-0.25, -0.2) is 0 Å². The van der Waals surface area contributed by atoms with E-state index in [1.54, 1.807) is 0 Å². The van der Waals surface area contributed by atoms with Gasteiger partial charge in [-0.1, -0.05) is 69.2 Å². The molecule has 1 unspecified atom stereocenters. The summed E-state index contributed by atoms with van der Waals surface area (Å²) in [5.74, 6) is 0.443. The van der Waals surface area contributed by atoms with E-state index >= 15 is 0 Å². The van der Waals surface area contributed by atoms with Crippen molar-refractivity contribution < 1.29 is 51.0 Å². The van der Waals surface area contributed by atoms with Gasteiger partial charge in [0.25, 0.3) is 0 Å². The number of hydrogen-bond donors (Lipinski definition) is 0. The molecule has 0 heterocycles. The molecular weight excluding hydrogens is 426 g/mol. The van der Waals surface area contributed by atoms with Crippen LogP contribution < -0.4 is 24.8 Å². The average Bonchev–Trinajstić information content (AvgIpc) is 3.12. The van der Waals surface area contributed by atoms with Crippen molar-refractivity contribution in [2.75, 3.05) is 0 Å². The van der Waals surface area contributed by atoms with Crippen LogP contribution in [-0.2, 0) is 26.2 Å². The number of rotatable bonds is 1. The molecular formula is C22H21Cl2Zr. The van der Waals surface area contributed by atoms with Gasteiger partial charge in [-0.05, 0) is 22.1 Å². The summed E-state index contributed by atoms with van der Waals surface area (Å²) in [6.07, 6.45) is 8.86. The van der Waals surface area contributed by atoms with Crippen LogP contribution in [0.25, 0.3) is 16.7 Å². The minimum Gasteiger partial charge on any atom is -1.00 e. The number of halogens is 2. The van der Waals surface area contributed by atoms with E-state index in [1.807, 2.05) is 0 Å². The first-order valence-electron chi connectivity index (χ1n) is 8.07. The molecule has 0 aliphatic heterocycles. The second-order valence-corrected chi connectivity index (χ2v) is 7.35. The van der Waals surface area contributed by atoms with E-state index < -0.39 is 0 Å². The molecule has 0 saturated heterocycles. The molecule has 2 aliphatic carbocycles. The third-order valence-electron chi connectivity index (χ3n) is 4.81. The predicted molar refractivity (Wildman–Crippen MR) is 93.6 cm³/mol.